The van der Waals surface area contributed by atoms with Gasteiger partial charge in [-0.05, 0) is 45.1 Å². The number of carbonyl (C=O) groups is 5. The number of nitrogens with one attached hydrogen (secondary N) is 3. The van der Waals surface area contributed by atoms with Crippen molar-refractivity contribution in [1.29, 1.82) is 0 Å². The Bertz CT molecular complexity index is 779. The van der Waals surface area contributed by atoms with E-state index in [2.05, 4.69) is 33.6 Å². The van der Waals surface area contributed by atoms with Gasteiger partial charge < -0.3 is 49.1 Å². The Morgan fingerprint density at radius 3 is 1.92 bits per heavy atom. The number of amides is 3. The maximum absolute atomic E-state index is 12.8. The van der Waals surface area contributed by atoms with Crippen LogP contribution < -0.4 is 38.9 Å². The smallest absolute Gasteiger partial charge is 0.326 e. The molecule has 0 rings (SSSR count). The molecule has 0 saturated carbocycles. The highest BCUT2D eigenvalue weighted by atomic mass is 32.1. The number of carboxylic acid groups (broad SMARTS) is 2. The molecule has 0 spiro atoms. The first kappa shape index (κ1) is 32.9. The number of hydrogen-bond donors (Lipinski definition) is 10. The van der Waals surface area contributed by atoms with Crippen LogP contribution in [0.3, 0.4) is 0 Å². The molecule has 13 N–H and O–H groups in total. The van der Waals surface area contributed by atoms with E-state index in [4.69, 9.17) is 28.0 Å². The molecule has 0 aromatic heterocycles. The van der Waals surface area contributed by atoms with Crippen LogP contribution in [0.4, 0.5) is 0 Å². The highest BCUT2D eigenvalue weighted by Crippen LogP contribution is 2.06. The fourth-order valence-electron chi connectivity index (χ4n) is 2.95. The lowest BCUT2D eigenvalue weighted by Gasteiger charge is -2.24. The highest BCUT2D eigenvalue weighted by molar-refractivity contribution is 7.80. The molecule has 36 heavy (non-hydrogen) atoms. The second-order valence-electron chi connectivity index (χ2n) is 7.98. The first-order chi connectivity index (χ1) is 16.9. The Morgan fingerprint density at radius 2 is 1.39 bits per heavy atom. The van der Waals surface area contributed by atoms with Gasteiger partial charge >= 0.3 is 11.9 Å². The van der Waals surface area contributed by atoms with Crippen molar-refractivity contribution in [2.45, 2.75) is 69.1 Å². The van der Waals surface area contributed by atoms with Crippen LogP contribution in [-0.4, -0.2) is 88.8 Å². The molecule has 0 radical (unpaired) electrons. The molecule has 206 valence electrons. The summed E-state index contributed by atoms with van der Waals surface area (Å²) < 4.78 is 0. The maximum Gasteiger partial charge on any atom is 0.326 e. The molecule has 3 amide bonds. The number of nitrogens with zero attached hydrogens (tertiary/aromatic N) is 1. The summed E-state index contributed by atoms with van der Waals surface area (Å²) in [7, 11) is 0. The molecular formula is C20H38N8O7S. The van der Waals surface area contributed by atoms with Gasteiger partial charge in [-0.2, -0.15) is 12.6 Å². The van der Waals surface area contributed by atoms with Crippen molar-refractivity contribution in [3.63, 3.8) is 0 Å². The van der Waals surface area contributed by atoms with Crippen LogP contribution >= 0.6 is 12.6 Å². The Balaban J connectivity index is 5.20. The van der Waals surface area contributed by atoms with E-state index in [1.54, 1.807) is 0 Å². The number of aliphatic carboxylic acids is 2. The summed E-state index contributed by atoms with van der Waals surface area (Å²) >= 11 is 4.08. The number of nitrogens with two attached hydrogens (primary N) is 4. The van der Waals surface area contributed by atoms with Crippen molar-refractivity contribution in [1.82, 2.24) is 16.0 Å². The van der Waals surface area contributed by atoms with Gasteiger partial charge in [0.2, 0.25) is 17.7 Å². The Hall–Kier alpha value is -3.11. The zero-order chi connectivity index (χ0) is 27.7. The van der Waals surface area contributed by atoms with E-state index in [-0.39, 0.29) is 37.5 Å². The van der Waals surface area contributed by atoms with Gasteiger partial charge in [-0.1, -0.05) is 0 Å². The summed E-state index contributed by atoms with van der Waals surface area (Å²) in [5.74, 6) is -4.96. The molecule has 0 fully saturated rings. The average molecular weight is 535 g/mol. The summed E-state index contributed by atoms with van der Waals surface area (Å²) in [4.78, 5) is 63.9. The van der Waals surface area contributed by atoms with Crippen LogP contribution in [0.5, 0.6) is 0 Å². The lowest BCUT2D eigenvalue weighted by molar-refractivity contribution is -0.143. The third-order valence-corrected chi connectivity index (χ3v) is 5.33. The Kier molecular flexibility index (Phi) is 16.6. The predicted octanol–water partition coefficient (Wildman–Crippen LogP) is -3.17. The zero-order valence-electron chi connectivity index (χ0n) is 20.0. The lowest BCUT2D eigenvalue weighted by atomic mass is 10.1. The second kappa shape index (κ2) is 18.2. The number of thiol groups is 1. The monoisotopic (exact) mass is 534 g/mol. The van der Waals surface area contributed by atoms with E-state index < -0.39 is 60.2 Å². The summed E-state index contributed by atoms with van der Waals surface area (Å²) in [6, 6.07) is -4.68. The molecule has 4 unspecified atom stereocenters. The number of unbranched alkanes of at least 4 members (excludes halogenated alkanes) is 1. The molecule has 0 aromatic carbocycles. The fourth-order valence-corrected chi connectivity index (χ4v) is 3.21. The zero-order valence-corrected chi connectivity index (χ0v) is 20.9. The number of carbonyl (C=O) groups excluding carboxylic acids is 3. The fraction of sp³-hybridized carbons (Fsp3) is 0.700. The minimum atomic E-state index is -1.46. The largest absolute Gasteiger partial charge is 0.481 e. The summed E-state index contributed by atoms with van der Waals surface area (Å²) in [5, 5.41) is 25.3. The number of rotatable bonds is 19. The first-order valence-corrected chi connectivity index (χ1v) is 12.0. The summed E-state index contributed by atoms with van der Waals surface area (Å²) in [6.45, 7) is 0.623. The summed E-state index contributed by atoms with van der Waals surface area (Å²) in [6.07, 6.45) is 0.999. The van der Waals surface area contributed by atoms with Crippen LogP contribution in [0.15, 0.2) is 4.99 Å². The molecule has 0 heterocycles. The average Bonchev–Trinajstić information content (AvgIpc) is 2.81. The molecule has 0 aliphatic rings. The van der Waals surface area contributed by atoms with Gasteiger partial charge in [0.15, 0.2) is 5.96 Å². The van der Waals surface area contributed by atoms with Gasteiger partial charge in [-0.15, -0.1) is 0 Å². The second-order valence-corrected chi connectivity index (χ2v) is 8.34. The summed E-state index contributed by atoms with van der Waals surface area (Å²) in [5.41, 5.74) is 21.8. The maximum atomic E-state index is 12.8. The van der Waals surface area contributed by atoms with E-state index in [0.717, 1.165) is 0 Å². The molecule has 15 nitrogen and oxygen atoms in total. The third-order valence-electron chi connectivity index (χ3n) is 4.96. The van der Waals surface area contributed by atoms with Gasteiger partial charge in [-0.3, -0.25) is 24.2 Å². The molecule has 16 heteroatoms. The van der Waals surface area contributed by atoms with E-state index in [0.29, 0.717) is 25.8 Å². The van der Waals surface area contributed by atoms with Crippen molar-refractivity contribution in [2.75, 3.05) is 18.8 Å². The van der Waals surface area contributed by atoms with Crippen LogP contribution in [-0.2, 0) is 24.0 Å². The molecule has 4 atom stereocenters. The van der Waals surface area contributed by atoms with Crippen LogP contribution in [0, 0.1) is 0 Å². The van der Waals surface area contributed by atoms with Gasteiger partial charge in [0, 0.05) is 18.7 Å². The van der Waals surface area contributed by atoms with Crippen molar-refractivity contribution >= 4 is 48.2 Å². The quantitative estimate of drug-likeness (QED) is 0.0341. The van der Waals surface area contributed by atoms with Crippen LogP contribution in [0.2, 0.25) is 0 Å². The molecule has 0 saturated heterocycles. The predicted molar refractivity (Wildman–Crippen MR) is 135 cm³/mol. The van der Waals surface area contributed by atoms with Gasteiger partial charge in [0.25, 0.3) is 0 Å². The van der Waals surface area contributed by atoms with Gasteiger partial charge in [-0.25, -0.2) is 4.79 Å². The minimum Gasteiger partial charge on any atom is -0.481 e. The molecule has 0 aliphatic carbocycles. The van der Waals surface area contributed by atoms with E-state index in [1.165, 1.54) is 0 Å². The van der Waals surface area contributed by atoms with Crippen molar-refractivity contribution in [3.05, 3.63) is 0 Å². The topological polar surface area (TPSA) is 278 Å². The number of guanidine groups is 1. The third kappa shape index (κ3) is 14.3. The normalized spacial score (nSPS) is 14.0. The van der Waals surface area contributed by atoms with Crippen LogP contribution in [0.25, 0.3) is 0 Å². The molecular weight excluding hydrogens is 496 g/mol. The van der Waals surface area contributed by atoms with Crippen LogP contribution in [0.1, 0.15) is 44.9 Å². The molecule has 0 aliphatic heterocycles. The Labute approximate surface area is 214 Å². The van der Waals surface area contributed by atoms with E-state index in [9.17, 15) is 29.1 Å². The molecule has 0 bridgehead atoms. The number of aliphatic imine (C=N–C) groups is 1. The van der Waals surface area contributed by atoms with Crippen molar-refractivity contribution in [2.24, 2.45) is 27.9 Å². The van der Waals surface area contributed by atoms with E-state index in [1.807, 2.05) is 0 Å². The standard InChI is InChI=1S/C20H38N8O7S/c21-8-2-1-5-12(17(32)27-13(19(34)35)6-7-15(29)30)26-18(33)14(10-36)28-16(31)11(22)4-3-9-25-20(23)24/h11-14,36H,1-10,21-22H2,(H,26,33)(H,27,32)(H,28,31)(H,29,30)(H,34,35)(H4,23,24,25). The lowest BCUT2D eigenvalue weighted by Crippen LogP contribution is -2.57. The first-order valence-electron chi connectivity index (χ1n) is 11.4. The SMILES string of the molecule is NCCCCC(NC(=O)C(CS)NC(=O)C(N)CCCN=C(N)N)C(=O)NC(CCC(=O)O)C(=O)O. The molecule has 0 aromatic rings. The van der Waals surface area contributed by atoms with E-state index >= 15 is 0 Å². The van der Waals surface area contributed by atoms with Gasteiger partial charge in [0.05, 0.1) is 6.04 Å². The van der Waals surface area contributed by atoms with Crippen molar-refractivity contribution < 1.29 is 34.2 Å². The number of hydrogen-bond acceptors (Lipinski definition) is 9. The van der Waals surface area contributed by atoms with Crippen molar-refractivity contribution in [3.8, 4) is 0 Å². The Morgan fingerprint density at radius 1 is 0.806 bits per heavy atom. The minimum absolute atomic E-state index is 0.0820. The highest BCUT2D eigenvalue weighted by Gasteiger charge is 2.29. The van der Waals surface area contributed by atoms with Gasteiger partial charge in [0.1, 0.15) is 18.1 Å². The number of carboxylic acids is 2.